The first-order valence-electron chi connectivity index (χ1n) is 10.2. The van der Waals surface area contributed by atoms with Crippen LogP contribution in [0.5, 0.6) is 0 Å². The van der Waals surface area contributed by atoms with Gasteiger partial charge in [-0.1, -0.05) is 24.3 Å². The van der Waals surface area contributed by atoms with E-state index in [1.165, 1.54) is 0 Å². The number of aliphatic carboxylic acids is 1. The van der Waals surface area contributed by atoms with Gasteiger partial charge in [-0.2, -0.15) is 0 Å². The number of alkyl halides is 3. The average molecular weight is 493 g/mol. The van der Waals surface area contributed by atoms with Gasteiger partial charge in [0.2, 0.25) is 0 Å². The highest BCUT2D eigenvalue weighted by Gasteiger charge is 2.02. The number of Topliss-reactive ketones (excluding diaryl/α,β-unsaturated/α-hetero) is 1. The van der Waals surface area contributed by atoms with Crippen molar-refractivity contribution in [2.24, 2.45) is 0 Å². The van der Waals surface area contributed by atoms with Gasteiger partial charge in [-0.3, -0.25) is 23.9 Å². The van der Waals surface area contributed by atoms with Gasteiger partial charge in [0.1, 0.15) is 5.88 Å². The predicted octanol–water partition coefficient (Wildman–Crippen LogP) is 5.30. The van der Waals surface area contributed by atoms with Crippen LogP contribution in [0.1, 0.15) is 6.93 Å². The SMILES string of the molecule is Nc1ccc2cnccc2c1.O=C(CCl)Cc1ccc2cnccc2c1.O=C(O)CCl.[2H]CF. The van der Waals surface area contributed by atoms with Crippen molar-refractivity contribution in [2.75, 3.05) is 24.6 Å². The maximum Gasteiger partial charge on any atom is 0.318 e. The zero-order chi connectivity index (χ0) is 25.3. The first-order chi connectivity index (χ1) is 16.3. The highest BCUT2D eigenvalue weighted by molar-refractivity contribution is 6.27. The van der Waals surface area contributed by atoms with E-state index in [9.17, 15) is 14.0 Å². The second-order valence-corrected chi connectivity index (χ2v) is 6.95. The zero-order valence-electron chi connectivity index (χ0n) is 18.6. The molecule has 6 nitrogen and oxygen atoms in total. The van der Waals surface area contributed by atoms with Gasteiger partial charge < -0.3 is 10.8 Å². The number of nitrogens with zero attached hydrogens (tertiary/aromatic N) is 2. The maximum atomic E-state index is 11.2. The van der Waals surface area contributed by atoms with E-state index in [1.807, 2.05) is 60.9 Å². The quantitative estimate of drug-likeness (QED) is 0.295. The topological polar surface area (TPSA) is 106 Å². The van der Waals surface area contributed by atoms with Crippen LogP contribution in [0.15, 0.2) is 73.3 Å². The van der Waals surface area contributed by atoms with E-state index >= 15 is 0 Å². The minimum Gasteiger partial charge on any atom is -0.480 e. The first kappa shape index (κ1) is 26.0. The van der Waals surface area contributed by atoms with Crippen molar-refractivity contribution >= 4 is 62.2 Å². The van der Waals surface area contributed by atoms with Crippen LogP contribution in [-0.2, 0) is 16.0 Å². The molecule has 0 amide bonds. The van der Waals surface area contributed by atoms with E-state index in [4.69, 9.17) is 35.4 Å². The number of rotatable bonds is 4. The molecule has 0 fully saturated rings. The Balaban J connectivity index is 0.000000266. The third-order valence-electron chi connectivity index (χ3n) is 4.03. The Hall–Kier alpha value is -3.29. The van der Waals surface area contributed by atoms with E-state index in [2.05, 4.69) is 9.97 Å². The van der Waals surface area contributed by atoms with Gasteiger partial charge in [0, 0.05) is 47.7 Å². The van der Waals surface area contributed by atoms with E-state index in [-0.39, 0.29) is 17.5 Å². The molecule has 0 unspecified atom stereocenters. The summed E-state index contributed by atoms with van der Waals surface area (Å²) >= 11 is 10.2. The molecule has 4 aromatic rings. The second-order valence-electron chi connectivity index (χ2n) is 6.42. The number of pyridine rings is 2. The Morgan fingerprint density at radius 1 is 0.939 bits per heavy atom. The van der Waals surface area contributed by atoms with Crippen molar-refractivity contribution in [1.82, 2.24) is 9.97 Å². The highest BCUT2D eigenvalue weighted by atomic mass is 35.5. The molecule has 0 bridgehead atoms. The summed E-state index contributed by atoms with van der Waals surface area (Å²) < 4.78 is 15.5. The van der Waals surface area contributed by atoms with Crippen LogP contribution in [0.25, 0.3) is 21.5 Å². The number of anilines is 1. The molecule has 2 aromatic heterocycles. The summed E-state index contributed by atoms with van der Waals surface area (Å²) in [6.45, 7) is 0. The third-order valence-corrected chi connectivity index (χ3v) is 4.56. The molecule has 0 saturated carbocycles. The Kier molecular flexibility index (Phi) is 12.2. The largest absolute Gasteiger partial charge is 0.480 e. The van der Waals surface area contributed by atoms with Crippen LogP contribution >= 0.6 is 23.2 Å². The van der Waals surface area contributed by atoms with Gasteiger partial charge in [0.25, 0.3) is 0 Å². The number of nitrogens with two attached hydrogens (primary N) is 1. The van der Waals surface area contributed by atoms with E-state index in [0.717, 1.165) is 32.8 Å². The van der Waals surface area contributed by atoms with Crippen LogP contribution in [0, 0.1) is 0 Å². The molecule has 2 heterocycles. The summed E-state index contributed by atoms with van der Waals surface area (Å²) in [5.74, 6) is -1.16. The van der Waals surface area contributed by atoms with Crippen LogP contribution in [0.4, 0.5) is 10.1 Å². The summed E-state index contributed by atoms with van der Waals surface area (Å²) in [6, 6.07) is 15.6. The van der Waals surface area contributed by atoms with Crippen molar-refractivity contribution in [3.8, 4) is 0 Å². The minimum atomic E-state index is -1.00. The van der Waals surface area contributed by atoms with Crippen molar-refractivity contribution in [1.29, 1.82) is 0 Å². The molecule has 174 valence electrons. The number of benzene rings is 2. The molecule has 0 radical (unpaired) electrons. The number of halogens is 3. The van der Waals surface area contributed by atoms with Gasteiger partial charge in [-0.25, -0.2) is 0 Å². The lowest BCUT2D eigenvalue weighted by Crippen LogP contribution is -2.03. The summed E-state index contributed by atoms with van der Waals surface area (Å²) in [4.78, 5) is 28.4. The summed E-state index contributed by atoms with van der Waals surface area (Å²) in [6.07, 6.45) is 7.55. The number of hydrogen-bond donors (Lipinski definition) is 2. The van der Waals surface area contributed by atoms with E-state index in [0.29, 0.717) is 6.42 Å². The molecule has 0 atom stereocenters. The number of fused-ring (bicyclic) bond motifs is 2. The number of carbonyl (C=O) groups excluding carboxylic acids is 1. The fourth-order valence-corrected chi connectivity index (χ4v) is 2.71. The van der Waals surface area contributed by atoms with E-state index in [1.54, 1.807) is 12.4 Å². The van der Waals surface area contributed by atoms with Crippen molar-refractivity contribution < 1.29 is 20.5 Å². The zero-order valence-corrected chi connectivity index (χ0v) is 19.1. The standard InChI is InChI=1S/C12H10ClNO.C9H8N2.C2H3ClO2.CH3F/c13-7-12(15)6-9-1-2-11-8-14-4-3-10(11)5-9;10-9-2-1-8-6-11-4-3-7(8)5-9;3-1-2(4)5;1-2/h1-5,8H,6-7H2;1-6H,10H2;1H2,(H,4,5);1H3/i;;;1D. The number of hydrogen-bond acceptors (Lipinski definition) is 5. The third kappa shape index (κ3) is 10.2. The highest BCUT2D eigenvalue weighted by Crippen LogP contribution is 2.15. The molecule has 3 N–H and O–H groups in total. The number of ketones is 1. The molecular formula is C24H24Cl2FN3O3. The number of aromatic nitrogens is 2. The molecule has 0 aliphatic heterocycles. The molecular weight excluding hydrogens is 468 g/mol. The normalized spacial score (nSPS) is 9.85. The average Bonchev–Trinajstić information content (AvgIpc) is 2.85. The van der Waals surface area contributed by atoms with Gasteiger partial charge in [0.15, 0.2) is 5.78 Å². The monoisotopic (exact) mass is 492 g/mol. The number of carboxylic acid groups (broad SMARTS) is 1. The molecule has 0 saturated heterocycles. The predicted molar refractivity (Wildman–Crippen MR) is 133 cm³/mol. The van der Waals surface area contributed by atoms with Gasteiger partial charge in [-0.05, 0) is 40.6 Å². The molecule has 33 heavy (non-hydrogen) atoms. The lowest BCUT2D eigenvalue weighted by atomic mass is 10.1. The number of nitrogen functional groups attached to an aromatic ring is 1. The van der Waals surface area contributed by atoms with Crippen molar-refractivity contribution in [2.45, 2.75) is 6.42 Å². The molecule has 9 heteroatoms. The fourth-order valence-electron chi connectivity index (χ4n) is 2.62. The Bertz CT molecular complexity index is 1200. The molecule has 0 aliphatic rings. The molecule has 2 aromatic carbocycles. The van der Waals surface area contributed by atoms with Crippen LogP contribution in [0.2, 0.25) is 0 Å². The first-order valence-corrected chi connectivity index (χ1v) is 10.5. The molecule has 4 rings (SSSR count). The van der Waals surface area contributed by atoms with E-state index < -0.39 is 13.1 Å². The van der Waals surface area contributed by atoms with Crippen LogP contribution < -0.4 is 5.73 Å². The second kappa shape index (κ2) is 15.5. The minimum absolute atomic E-state index is 0.0464. The van der Waals surface area contributed by atoms with Crippen molar-refractivity contribution in [3.05, 3.63) is 78.9 Å². The van der Waals surface area contributed by atoms with Gasteiger partial charge in [0.05, 0.1) is 14.4 Å². The lowest BCUT2D eigenvalue weighted by Gasteiger charge is -2.01. The summed E-state index contributed by atoms with van der Waals surface area (Å²) in [5, 5.41) is 12.0. The maximum absolute atomic E-state index is 11.2. The number of carboxylic acids is 1. The lowest BCUT2D eigenvalue weighted by molar-refractivity contribution is -0.134. The van der Waals surface area contributed by atoms with Gasteiger partial charge >= 0.3 is 5.97 Å². The Morgan fingerprint density at radius 2 is 1.45 bits per heavy atom. The molecule has 0 spiro atoms. The van der Waals surface area contributed by atoms with Crippen LogP contribution in [-0.4, -0.2) is 45.7 Å². The van der Waals surface area contributed by atoms with Crippen molar-refractivity contribution in [3.63, 3.8) is 0 Å². The Labute approximate surface area is 202 Å². The van der Waals surface area contributed by atoms with Gasteiger partial charge in [-0.15, -0.1) is 23.2 Å². The summed E-state index contributed by atoms with van der Waals surface area (Å²) in [5.41, 5.74) is 7.40. The summed E-state index contributed by atoms with van der Waals surface area (Å²) in [7, 11) is -1.00. The number of carbonyl (C=O) groups is 2. The Morgan fingerprint density at radius 3 is 1.97 bits per heavy atom. The smallest absolute Gasteiger partial charge is 0.318 e. The fraction of sp³-hybridized carbons (Fsp3) is 0.167. The van der Waals surface area contributed by atoms with Crippen LogP contribution in [0.3, 0.4) is 0 Å². The molecule has 0 aliphatic carbocycles.